The van der Waals surface area contributed by atoms with E-state index in [1.54, 1.807) is 0 Å². The molecule has 1 atom stereocenters. The Labute approximate surface area is 129 Å². The van der Waals surface area contributed by atoms with Gasteiger partial charge in [0.25, 0.3) is 0 Å². The largest absolute Gasteiger partial charge is 0.493 e. The SMILES string of the molecule is Cc1ccc(OCCC(=O)N2CCOCC2C(=O)O)c(C)c1. The fourth-order valence-electron chi connectivity index (χ4n) is 2.46. The lowest BCUT2D eigenvalue weighted by atomic mass is 10.1. The van der Waals surface area contributed by atoms with Gasteiger partial charge in [-0.1, -0.05) is 17.7 Å². The number of hydrogen-bond acceptors (Lipinski definition) is 4. The normalized spacial score (nSPS) is 18.1. The number of rotatable bonds is 5. The maximum atomic E-state index is 12.2. The van der Waals surface area contributed by atoms with E-state index in [1.807, 2.05) is 32.0 Å². The number of nitrogens with zero attached hydrogens (tertiary/aromatic N) is 1. The van der Waals surface area contributed by atoms with Gasteiger partial charge in [-0.3, -0.25) is 4.79 Å². The van der Waals surface area contributed by atoms with Crippen molar-refractivity contribution in [2.75, 3.05) is 26.4 Å². The summed E-state index contributed by atoms with van der Waals surface area (Å²) in [6, 6.07) is 4.94. The van der Waals surface area contributed by atoms with Crippen molar-refractivity contribution in [3.8, 4) is 5.75 Å². The number of aryl methyl sites for hydroxylation is 2. The Morgan fingerprint density at radius 3 is 2.86 bits per heavy atom. The molecule has 1 amide bonds. The summed E-state index contributed by atoms with van der Waals surface area (Å²) in [6.07, 6.45) is 0.150. The van der Waals surface area contributed by atoms with E-state index in [0.717, 1.165) is 16.9 Å². The van der Waals surface area contributed by atoms with E-state index in [4.69, 9.17) is 14.6 Å². The third-order valence-electron chi connectivity index (χ3n) is 3.64. The quantitative estimate of drug-likeness (QED) is 0.889. The van der Waals surface area contributed by atoms with Crippen molar-refractivity contribution < 1.29 is 24.2 Å². The maximum absolute atomic E-state index is 12.2. The van der Waals surface area contributed by atoms with Crippen LogP contribution in [0, 0.1) is 13.8 Å². The van der Waals surface area contributed by atoms with Crippen molar-refractivity contribution in [2.45, 2.75) is 26.3 Å². The average Bonchev–Trinajstić information content (AvgIpc) is 2.49. The van der Waals surface area contributed by atoms with Crippen molar-refractivity contribution in [1.29, 1.82) is 0 Å². The highest BCUT2D eigenvalue weighted by atomic mass is 16.5. The van der Waals surface area contributed by atoms with Gasteiger partial charge in [0.2, 0.25) is 5.91 Å². The van der Waals surface area contributed by atoms with Crippen LogP contribution >= 0.6 is 0 Å². The lowest BCUT2D eigenvalue weighted by Crippen LogP contribution is -2.52. The summed E-state index contributed by atoms with van der Waals surface area (Å²) in [5.41, 5.74) is 2.17. The monoisotopic (exact) mass is 307 g/mol. The molecule has 1 fully saturated rings. The number of carbonyl (C=O) groups excluding carboxylic acids is 1. The molecule has 1 aliphatic rings. The Morgan fingerprint density at radius 1 is 1.41 bits per heavy atom. The molecular weight excluding hydrogens is 286 g/mol. The van der Waals surface area contributed by atoms with Gasteiger partial charge < -0.3 is 19.5 Å². The molecule has 2 rings (SSSR count). The summed E-state index contributed by atoms with van der Waals surface area (Å²) >= 11 is 0. The summed E-state index contributed by atoms with van der Waals surface area (Å²) in [5.74, 6) is -0.515. The predicted octanol–water partition coefficient (Wildman–Crippen LogP) is 1.38. The fraction of sp³-hybridized carbons (Fsp3) is 0.500. The molecule has 1 aliphatic heterocycles. The molecule has 120 valence electrons. The fourth-order valence-corrected chi connectivity index (χ4v) is 2.46. The molecule has 6 nitrogen and oxygen atoms in total. The van der Waals surface area contributed by atoms with Crippen LogP contribution in [-0.2, 0) is 14.3 Å². The number of aliphatic carboxylic acids is 1. The van der Waals surface area contributed by atoms with Gasteiger partial charge in [0.15, 0.2) is 6.04 Å². The maximum Gasteiger partial charge on any atom is 0.328 e. The summed E-state index contributed by atoms with van der Waals surface area (Å²) in [4.78, 5) is 24.7. The van der Waals surface area contributed by atoms with Crippen LogP contribution in [0.5, 0.6) is 5.75 Å². The van der Waals surface area contributed by atoms with Crippen LogP contribution < -0.4 is 4.74 Å². The molecule has 6 heteroatoms. The molecular formula is C16H21NO5. The molecule has 1 saturated heterocycles. The lowest BCUT2D eigenvalue weighted by molar-refractivity contribution is -0.158. The number of hydrogen-bond donors (Lipinski definition) is 1. The molecule has 1 aromatic rings. The highest BCUT2D eigenvalue weighted by molar-refractivity contribution is 5.84. The molecule has 0 bridgehead atoms. The first-order valence-electron chi connectivity index (χ1n) is 7.29. The minimum absolute atomic E-state index is 0.0407. The Kier molecular flexibility index (Phi) is 5.38. The molecule has 1 heterocycles. The molecule has 1 aromatic carbocycles. The molecule has 0 aliphatic carbocycles. The van der Waals surface area contributed by atoms with Crippen LogP contribution in [0.25, 0.3) is 0 Å². The Bertz CT molecular complexity index is 557. The minimum Gasteiger partial charge on any atom is -0.493 e. The minimum atomic E-state index is -1.04. The van der Waals surface area contributed by atoms with E-state index < -0.39 is 12.0 Å². The van der Waals surface area contributed by atoms with Gasteiger partial charge in [0, 0.05) is 6.54 Å². The summed E-state index contributed by atoms with van der Waals surface area (Å²) in [7, 11) is 0. The van der Waals surface area contributed by atoms with E-state index in [1.165, 1.54) is 4.90 Å². The van der Waals surface area contributed by atoms with Crippen LogP contribution in [-0.4, -0.2) is 54.3 Å². The lowest BCUT2D eigenvalue weighted by Gasteiger charge is -2.32. The van der Waals surface area contributed by atoms with Gasteiger partial charge in [-0.25, -0.2) is 4.79 Å². The first-order chi connectivity index (χ1) is 10.5. The highest BCUT2D eigenvalue weighted by Crippen LogP contribution is 2.19. The van der Waals surface area contributed by atoms with E-state index in [0.29, 0.717) is 13.2 Å². The number of amides is 1. The molecule has 0 saturated carbocycles. The van der Waals surface area contributed by atoms with Crippen LogP contribution in [0.15, 0.2) is 18.2 Å². The predicted molar refractivity (Wildman–Crippen MR) is 80.0 cm³/mol. The molecule has 1 unspecified atom stereocenters. The van der Waals surface area contributed by atoms with Gasteiger partial charge in [-0.15, -0.1) is 0 Å². The molecule has 22 heavy (non-hydrogen) atoms. The number of carboxylic acid groups (broad SMARTS) is 1. The van der Waals surface area contributed by atoms with Crippen molar-refractivity contribution in [1.82, 2.24) is 4.90 Å². The number of carboxylic acids is 1. The van der Waals surface area contributed by atoms with Crippen molar-refractivity contribution in [3.63, 3.8) is 0 Å². The second-order valence-electron chi connectivity index (χ2n) is 5.38. The van der Waals surface area contributed by atoms with Crippen molar-refractivity contribution in [2.24, 2.45) is 0 Å². The topological polar surface area (TPSA) is 76.1 Å². The number of benzene rings is 1. The van der Waals surface area contributed by atoms with Crippen molar-refractivity contribution >= 4 is 11.9 Å². The van der Waals surface area contributed by atoms with E-state index in [9.17, 15) is 9.59 Å². The van der Waals surface area contributed by atoms with Gasteiger partial charge in [0.05, 0.1) is 26.2 Å². The van der Waals surface area contributed by atoms with Gasteiger partial charge >= 0.3 is 5.97 Å². The van der Waals surface area contributed by atoms with E-state index in [2.05, 4.69) is 0 Å². The van der Waals surface area contributed by atoms with Gasteiger partial charge in [-0.05, 0) is 25.5 Å². The van der Waals surface area contributed by atoms with Crippen LogP contribution in [0.2, 0.25) is 0 Å². The molecule has 0 spiro atoms. The molecule has 0 radical (unpaired) electrons. The third-order valence-corrected chi connectivity index (χ3v) is 3.64. The van der Waals surface area contributed by atoms with Crippen LogP contribution in [0.4, 0.5) is 0 Å². The Morgan fingerprint density at radius 2 is 2.18 bits per heavy atom. The Hall–Kier alpha value is -2.08. The summed E-state index contributed by atoms with van der Waals surface area (Å²) in [6.45, 7) is 4.90. The smallest absolute Gasteiger partial charge is 0.328 e. The number of carbonyl (C=O) groups is 2. The van der Waals surface area contributed by atoms with E-state index >= 15 is 0 Å². The van der Waals surface area contributed by atoms with E-state index in [-0.39, 0.29) is 25.5 Å². The zero-order valence-corrected chi connectivity index (χ0v) is 12.9. The third kappa shape index (κ3) is 3.98. The molecule has 1 N–H and O–H groups in total. The number of morpholine rings is 1. The molecule has 0 aromatic heterocycles. The first kappa shape index (κ1) is 16.3. The number of ether oxygens (including phenoxy) is 2. The summed E-state index contributed by atoms with van der Waals surface area (Å²) in [5, 5.41) is 9.12. The van der Waals surface area contributed by atoms with Gasteiger partial charge in [-0.2, -0.15) is 0 Å². The zero-order chi connectivity index (χ0) is 16.1. The van der Waals surface area contributed by atoms with Crippen molar-refractivity contribution in [3.05, 3.63) is 29.3 Å². The van der Waals surface area contributed by atoms with Gasteiger partial charge in [0.1, 0.15) is 5.75 Å². The second-order valence-corrected chi connectivity index (χ2v) is 5.38. The average molecular weight is 307 g/mol. The van der Waals surface area contributed by atoms with Crippen LogP contribution in [0.3, 0.4) is 0 Å². The highest BCUT2D eigenvalue weighted by Gasteiger charge is 2.32. The van der Waals surface area contributed by atoms with Crippen LogP contribution in [0.1, 0.15) is 17.5 Å². The Balaban J connectivity index is 1.87. The first-order valence-corrected chi connectivity index (χ1v) is 7.29. The standard InChI is InChI=1S/C16H21NO5/c1-11-3-4-14(12(2)9-11)22-7-5-15(18)17-6-8-21-10-13(17)16(19)20/h3-4,9,13H,5-8,10H2,1-2H3,(H,19,20). The summed E-state index contributed by atoms with van der Waals surface area (Å²) < 4.78 is 10.7. The zero-order valence-electron chi connectivity index (χ0n) is 12.9. The second kappa shape index (κ2) is 7.26.